The fourth-order valence-electron chi connectivity index (χ4n) is 0.852. The highest BCUT2D eigenvalue weighted by molar-refractivity contribution is 5.85. The van der Waals surface area contributed by atoms with Gasteiger partial charge < -0.3 is 0 Å². The molecule has 0 aliphatic heterocycles. The van der Waals surface area contributed by atoms with E-state index in [0.29, 0.717) is 11.0 Å². The highest BCUT2D eigenvalue weighted by atomic mass is 19.1. The lowest BCUT2D eigenvalue weighted by atomic mass is 10.3. The number of halogens is 2. The standard InChI is InChI=1S/C8H6F2NO2/c1-11(8(12)13)7-3-2-5(9)4-6(7)10/h2-4H,1H3. The minimum absolute atomic E-state index is 0.235. The van der Waals surface area contributed by atoms with Gasteiger partial charge in [0.05, 0.1) is 5.69 Å². The van der Waals surface area contributed by atoms with Crippen LogP contribution in [-0.4, -0.2) is 13.1 Å². The van der Waals surface area contributed by atoms with Gasteiger partial charge in [0.15, 0.2) is 0 Å². The molecule has 5 heteroatoms. The predicted molar refractivity (Wildman–Crippen MR) is 40.8 cm³/mol. The van der Waals surface area contributed by atoms with Crippen LogP contribution in [0.2, 0.25) is 0 Å². The van der Waals surface area contributed by atoms with Gasteiger partial charge in [-0.1, -0.05) is 0 Å². The molecule has 0 spiro atoms. The molecule has 0 unspecified atom stereocenters. The summed E-state index contributed by atoms with van der Waals surface area (Å²) in [5.74, 6) is -1.69. The van der Waals surface area contributed by atoms with E-state index in [1.807, 2.05) is 0 Å². The minimum atomic E-state index is -1.55. The lowest BCUT2D eigenvalue weighted by Gasteiger charge is -2.11. The zero-order valence-corrected chi connectivity index (χ0v) is 6.75. The smallest absolute Gasteiger partial charge is 0.275 e. The number of carbonyl (C=O) groups excluding carboxylic acids is 1. The maximum atomic E-state index is 12.9. The van der Waals surface area contributed by atoms with E-state index in [0.717, 1.165) is 19.2 Å². The largest absolute Gasteiger partial charge is 0.457 e. The molecular formula is C8H6F2NO2. The molecule has 0 aliphatic carbocycles. The predicted octanol–water partition coefficient (Wildman–Crippen LogP) is 1.95. The Bertz CT molecular complexity index is 341. The van der Waals surface area contributed by atoms with Gasteiger partial charge >= 0.3 is 6.09 Å². The molecule has 1 amide bonds. The van der Waals surface area contributed by atoms with E-state index in [2.05, 4.69) is 0 Å². The Morgan fingerprint density at radius 2 is 2.00 bits per heavy atom. The third-order valence-electron chi connectivity index (χ3n) is 1.54. The van der Waals surface area contributed by atoms with Crippen LogP contribution in [0.5, 0.6) is 0 Å². The first-order valence-electron chi connectivity index (χ1n) is 3.42. The van der Waals surface area contributed by atoms with Gasteiger partial charge in [-0.3, -0.25) is 4.90 Å². The van der Waals surface area contributed by atoms with Gasteiger partial charge in [0.25, 0.3) is 0 Å². The third kappa shape index (κ3) is 1.93. The fraction of sp³-hybridized carbons (Fsp3) is 0.125. The second-order valence-corrected chi connectivity index (χ2v) is 2.42. The average molecular weight is 186 g/mol. The summed E-state index contributed by atoms with van der Waals surface area (Å²) in [5.41, 5.74) is -0.235. The maximum absolute atomic E-state index is 12.9. The molecule has 0 fully saturated rings. The van der Waals surface area contributed by atoms with Crippen LogP contribution in [0.3, 0.4) is 0 Å². The van der Waals surface area contributed by atoms with Gasteiger partial charge in [0, 0.05) is 13.1 Å². The van der Waals surface area contributed by atoms with E-state index in [1.165, 1.54) is 0 Å². The monoisotopic (exact) mass is 186 g/mol. The summed E-state index contributed by atoms with van der Waals surface area (Å²) < 4.78 is 25.3. The van der Waals surface area contributed by atoms with E-state index in [1.54, 1.807) is 0 Å². The van der Waals surface area contributed by atoms with Crippen LogP contribution in [0.1, 0.15) is 0 Å². The van der Waals surface area contributed by atoms with Crippen molar-refractivity contribution in [3.8, 4) is 0 Å². The fourth-order valence-corrected chi connectivity index (χ4v) is 0.852. The Morgan fingerprint density at radius 3 is 2.46 bits per heavy atom. The van der Waals surface area contributed by atoms with Gasteiger partial charge in [0.2, 0.25) is 0 Å². The van der Waals surface area contributed by atoms with Crippen molar-refractivity contribution in [1.29, 1.82) is 0 Å². The number of benzene rings is 1. The summed E-state index contributed by atoms with van der Waals surface area (Å²) >= 11 is 0. The minimum Gasteiger partial charge on any atom is -0.275 e. The molecule has 0 atom stereocenters. The third-order valence-corrected chi connectivity index (χ3v) is 1.54. The van der Waals surface area contributed by atoms with Crippen LogP contribution in [0, 0.1) is 11.6 Å². The summed E-state index contributed by atoms with van der Waals surface area (Å²) in [4.78, 5) is 10.9. The van der Waals surface area contributed by atoms with Gasteiger partial charge in [0.1, 0.15) is 11.6 Å². The molecule has 1 radical (unpaired) electrons. The molecule has 0 aromatic heterocycles. The summed E-state index contributed by atoms with van der Waals surface area (Å²) in [6, 6.07) is 2.60. The molecule has 0 heterocycles. The SMILES string of the molecule is CN(C([O])=O)c1ccc(F)cc1F. The lowest BCUT2D eigenvalue weighted by molar-refractivity contribution is 0.178. The van der Waals surface area contributed by atoms with Crippen molar-refractivity contribution >= 4 is 11.8 Å². The van der Waals surface area contributed by atoms with E-state index in [4.69, 9.17) is 0 Å². The summed E-state index contributed by atoms with van der Waals surface area (Å²) in [6.45, 7) is 0. The van der Waals surface area contributed by atoms with Crippen molar-refractivity contribution in [3.63, 3.8) is 0 Å². The van der Waals surface area contributed by atoms with Gasteiger partial charge in [-0.15, -0.1) is 0 Å². The van der Waals surface area contributed by atoms with Crippen LogP contribution in [-0.2, 0) is 5.11 Å². The molecule has 69 valence electrons. The molecule has 0 N–H and O–H groups in total. The summed E-state index contributed by atoms with van der Waals surface area (Å²) in [5, 5.41) is 10.3. The highest BCUT2D eigenvalue weighted by Gasteiger charge is 2.14. The molecule has 1 rings (SSSR count). The Kier molecular flexibility index (Phi) is 2.46. The molecular weight excluding hydrogens is 180 g/mol. The first-order valence-corrected chi connectivity index (χ1v) is 3.42. The Morgan fingerprint density at radius 1 is 1.38 bits per heavy atom. The van der Waals surface area contributed by atoms with Crippen molar-refractivity contribution in [3.05, 3.63) is 29.8 Å². The number of rotatable bonds is 1. The van der Waals surface area contributed by atoms with Crippen molar-refractivity contribution in [2.75, 3.05) is 11.9 Å². The van der Waals surface area contributed by atoms with E-state index in [-0.39, 0.29) is 5.69 Å². The first kappa shape index (κ1) is 9.44. The van der Waals surface area contributed by atoms with Crippen LogP contribution in [0.15, 0.2) is 18.2 Å². The van der Waals surface area contributed by atoms with Gasteiger partial charge in [-0.05, 0) is 12.1 Å². The van der Waals surface area contributed by atoms with Gasteiger partial charge in [-0.2, -0.15) is 0 Å². The van der Waals surface area contributed by atoms with Crippen molar-refractivity contribution < 1.29 is 18.7 Å². The molecule has 1 aromatic carbocycles. The average Bonchev–Trinajstić information content (AvgIpc) is 2.03. The van der Waals surface area contributed by atoms with Crippen LogP contribution < -0.4 is 4.90 Å². The molecule has 1 aromatic rings. The second-order valence-electron chi connectivity index (χ2n) is 2.42. The van der Waals surface area contributed by atoms with Crippen LogP contribution in [0.4, 0.5) is 19.3 Å². The topological polar surface area (TPSA) is 40.2 Å². The molecule has 13 heavy (non-hydrogen) atoms. The molecule has 0 saturated carbocycles. The molecule has 0 bridgehead atoms. The molecule has 0 aliphatic rings. The Balaban J connectivity index is 3.08. The lowest BCUT2D eigenvalue weighted by Crippen LogP contribution is -2.23. The Labute approximate surface area is 73.2 Å². The number of amides is 1. The quantitative estimate of drug-likeness (QED) is 0.660. The van der Waals surface area contributed by atoms with Crippen LogP contribution in [0.25, 0.3) is 0 Å². The second kappa shape index (κ2) is 3.38. The van der Waals surface area contributed by atoms with E-state index < -0.39 is 17.7 Å². The summed E-state index contributed by atoms with van der Waals surface area (Å²) in [7, 11) is 1.12. The van der Waals surface area contributed by atoms with Crippen LogP contribution >= 0.6 is 0 Å². The molecule has 0 saturated heterocycles. The number of anilines is 1. The van der Waals surface area contributed by atoms with E-state index >= 15 is 0 Å². The number of nitrogens with zero attached hydrogens (tertiary/aromatic N) is 1. The first-order chi connectivity index (χ1) is 6.02. The number of hydrogen-bond acceptors (Lipinski definition) is 1. The molecule has 3 nitrogen and oxygen atoms in total. The zero-order valence-electron chi connectivity index (χ0n) is 6.75. The zero-order chi connectivity index (χ0) is 10.0. The highest BCUT2D eigenvalue weighted by Crippen LogP contribution is 2.18. The van der Waals surface area contributed by atoms with Crippen molar-refractivity contribution in [2.45, 2.75) is 0 Å². The summed E-state index contributed by atoms with van der Waals surface area (Å²) in [6.07, 6.45) is -1.55. The Hall–Kier alpha value is -1.65. The van der Waals surface area contributed by atoms with Crippen molar-refractivity contribution in [1.82, 2.24) is 0 Å². The normalized spacial score (nSPS) is 9.77. The van der Waals surface area contributed by atoms with Crippen molar-refractivity contribution in [2.24, 2.45) is 0 Å². The maximum Gasteiger partial charge on any atom is 0.457 e. The van der Waals surface area contributed by atoms with E-state index in [9.17, 15) is 18.7 Å². The number of carbonyl (C=O) groups is 1. The number of hydrogen-bond donors (Lipinski definition) is 0. The van der Waals surface area contributed by atoms with Gasteiger partial charge in [-0.25, -0.2) is 18.7 Å².